The Labute approximate surface area is 115 Å². The molecule has 0 saturated carbocycles. The summed E-state index contributed by atoms with van der Waals surface area (Å²) in [5.41, 5.74) is 6.97. The molecule has 0 heterocycles. The predicted molar refractivity (Wildman–Crippen MR) is 77.1 cm³/mol. The van der Waals surface area contributed by atoms with E-state index >= 15 is 0 Å². The first-order chi connectivity index (χ1) is 9.19. The van der Waals surface area contributed by atoms with Gasteiger partial charge in [-0.25, -0.2) is 0 Å². The molecule has 0 aliphatic carbocycles. The van der Waals surface area contributed by atoms with Crippen molar-refractivity contribution in [3.63, 3.8) is 0 Å². The molecule has 0 radical (unpaired) electrons. The highest BCUT2D eigenvalue weighted by atomic mass is 16.5. The fourth-order valence-electron chi connectivity index (χ4n) is 1.74. The van der Waals surface area contributed by atoms with Crippen LogP contribution < -0.4 is 15.8 Å². The van der Waals surface area contributed by atoms with Crippen molar-refractivity contribution < 1.29 is 9.53 Å². The second-order valence-corrected chi connectivity index (χ2v) is 4.54. The van der Waals surface area contributed by atoms with E-state index in [1.165, 1.54) is 0 Å². The highest BCUT2D eigenvalue weighted by molar-refractivity contribution is 5.77. The molecule has 0 aliphatic heterocycles. The van der Waals surface area contributed by atoms with Gasteiger partial charge in [-0.3, -0.25) is 4.79 Å². The van der Waals surface area contributed by atoms with E-state index in [0.29, 0.717) is 12.3 Å². The minimum Gasteiger partial charge on any atom is -0.483 e. The van der Waals surface area contributed by atoms with Crippen LogP contribution in [0, 0.1) is 0 Å². The first-order valence-corrected chi connectivity index (χ1v) is 6.93. The van der Waals surface area contributed by atoms with Crippen LogP contribution in [0.5, 0.6) is 5.75 Å². The number of ether oxygens (including phenoxy) is 1. The summed E-state index contributed by atoms with van der Waals surface area (Å²) in [6, 6.07) is 7.55. The van der Waals surface area contributed by atoms with Gasteiger partial charge in [0.05, 0.1) is 0 Å². The molecule has 106 valence electrons. The van der Waals surface area contributed by atoms with Crippen LogP contribution in [0.2, 0.25) is 0 Å². The molecule has 1 amide bonds. The molecule has 3 N–H and O–H groups in total. The number of para-hydroxylation sites is 1. The van der Waals surface area contributed by atoms with Gasteiger partial charge in [-0.15, -0.1) is 0 Å². The van der Waals surface area contributed by atoms with Gasteiger partial charge in [0.15, 0.2) is 6.61 Å². The van der Waals surface area contributed by atoms with Gasteiger partial charge in [-0.2, -0.15) is 0 Å². The average Bonchev–Trinajstić information content (AvgIpc) is 2.45. The van der Waals surface area contributed by atoms with Crippen molar-refractivity contribution in [2.24, 2.45) is 5.73 Å². The van der Waals surface area contributed by atoms with Crippen molar-refractivity contribution in [1.29, 1.82) is 0 Å². The number of benzene rings is 1. The van der Waals surface area contributed by atoms with E-state index in [-0.39, 0.29) is 18.6 Å². The lowest BCUT2D eigenvalue weighted by Crippen LogP contribution is -2.29. The Morgan fingerprint density at radius 2 is 2.11 bits per heavy atom. The Hall–Kier alpha value is -1.55. The van der Waals surface area contributed by atoms with Crippen LogP contribution in [-0.4, -0.2) is 19.1 Å². The molecule has 1 rings (SSSR count). The first kappa shape index (κ1) is 15.5. The number of unbranched alkanes of at least 4 members (excludes halogenated alkanes) is 1. The third kappa shape index (κ3) is 5.30. The monoisotopic (exact) mass is 264 g/mol. The van der Waals surface area contributed by atoms with Crippen LogP contribution in [0.3, 0.4) is 0 Å². The van der Waals surface area contributed by atoms with Crippen molar-refractivity contribution in [1.82, 2.24) is 5.32 Å². The number of carbonyl (C=O) groups excluding carboxylic acids is 1. The normalized spacial score (nSPS) is 11.9. The van der Waals surface area contributed by atoms with E-state index in [0.717, 1.165) is 24.8 Å². The number of nitrogens with two attached hydrogens (primary N) is 1. The highest BCUT2D eigenvalue weighted by Gasteiger charge is 2.11. The Morgan fingerprint density at radius 1 is 1.37 bits per heavy atom. The van der Waals surface area contributed by atoms with Crippen LogP contribution in [0.4, 0.5) is 0 Å². The topological polar surface area (TPSA) is 64.3 Å². The van der Waals surface area contributed by atoms with Gasteiger partial charge in [0.2, 0.25) is 0 Å². The van der Waals surface area contributed by atoms with Gasteiger partial charge in [-0.1, -0.05) is 38.5 Å². The van der Waals surface area contributed by atoms with Gasteiger partial charge in [0, 0.05) is 18.2 Å². The molecule has 1 unspecified atom stereocenters. The zero-order valence-electron chi connectivity index (χ0n) is 11.8. The maximum Gasteiger partial charge on any atom is 0.257 e. The van der Waals surface area contributed by atoms with Gasteiger partial charge < -0.3 is 15.8 Å². The number of hydrogen-bond donors (Lipinski definition) is 2. The van der Waals surface area contributed by atoms with Crippen molar-refractivity contribution in [3.05, 3.63) is 29.8 Å². The Morgan fingerprint density at radius 3 is 2.79 bits per heavy atom. The molecule has 0 bridgehead atoms. The van der Waals surface area contributed by atoms with Gasteiger partial charge in [0.25, 0.3) is 5.91 Å². The van der Waals surface area contributed by atoms with Crippen LogP contribution in [0.15, 0.2) is 24.3 Å². The van der Waals surface area contributed by atoms with Crippen molar-refractivity contribution >= 4 is 5.91 Å². The summed E-state index contributed by atoms with van der Waals surface area (Å²) in [5.74, 6) is 0.607. The molecular formula is C15H24N2O2. The van der Waals surface area contributed by atoms with Crippen molar-refractivity contribution in [2.45, 2.75) is 39.2 Å². The van der Waals surface area contributed by atoms with Gasteiger partial charge in [-0.05, 0) is 18.9 Å². The smallest absolute Gasteiger partial charge is 0.257 e. The molecule has 4 nitrogen and oxygen atoms in total. The largest absolute Gasteiger partial charge is 0.483 e. The zero-order valence-corrected chi connectivity index (χ0v) is 11.8. The van der Waals surface area contributed by atoms with E-state index in [4.69, 9.17) is 10.5 Å². The van der Waals surface area contributed by atoms with Gasteiger partial charge in [0.1, 0.15) is 5.75 Å². The van der Waals surface area contributed by atoms with Crippen molar-refractivity contribution in [3.8, 4) is 5.75 Å². The first-order valence-electron chi connectivity index (χ1n) is 6.93. The minimum absolute atomic E-state index is 0.0389. The van der Waals surface area contributed by atoms with E-state index in [9.17, 15) is 4.79 Å². The molecule has 19 heavy (non-hydrogen) atoms. The molecule has 0 spiro atoms. The summed E-state index contributed by atoms with van der Waals surface area (Å²) >= 11 is 0. The van der Waals surface area contributed by atoms with Crippen LogP contribution in [-0.2, 0) is 4.79 Å². The molecule has 0 fully saturated rings. The van der Waals surface area contributed by atoms with Gasteiger partial charge >= 0.3 is 0 Å². The summed E-state index contributed by atoms with van der Waals surface area (Å²) < 4.78 is 5.56. The van der Waals surface area contributed by atoms with E-state index in [1.807, 2.05) is 31.2 Å². The summed E-state index contributed by atoms with van der Waals surface area (Å²) in [6.07, 6.45) is 2.89. The number of carbonyl (C=O) groups is 1. The fourth-order valence-corrected chi connectivity index (χ4v) is 1.74. The SMILES string of the molecule is CCCCNC(=O)COc1ccccc1C(N)CC. The highest BCUT2D eigenvalue weighted by Crippen LogP contribution is 2.25. The Kier molecular flexibility index (Phi) is 6.97. The lowest BCUT2D eigenvalue weighted by Gasteiger charge is -2.15. The molecule has 0 saturated heterocycles. The number of rotatable bonds is 8. The lowest BCUT2D eigenvalue weighted by atomic mass is 10.0. The summed E-state index contributed by atoms with van der Waals surface area (Å²) in [4.78, 5) is 11.6. The standard InChI is InChI=1S/C15H24N2O2/c1-3-5-10-17-15(18)11-19-14-9-7-6-8-12(14)13(16)4-2/h6-9,13H,3-5,10-11,16H2,1-2H3,(H,17,18). The van der Waals surface area contributed by atoms with Crippen LogP contribution in [0.1, 0.15) is 44.7 Å². The zero-order chi connectivity index (χ0) is 14.1. The van der Waals surface area contributed by atoms with Crippen molar-refractivity contribution in [2.75, 3.05) is 13.2 Å². The lowest BCUT2D eigenvalue weighted by molar-refractivity contribution is -0.123. The maximum atomic E-state index is 11.6. The molecule has 1 aromatic rings. The van der Waals surface area contributed by atoms with E-state index < -0.39 is 0 Å². The van der Waals surface area contributed by atoms with Crippen LogP contribution in [0.25, 0.3) is 0 Å². The summed E-state index contributed by atoms with van der Waals surface area (Å²) in [5, 5.41) is 2.82. The Bertz CT molecular complexity index is 393. The Balaban J connectivity index is 2.50. The third-order valence-electron chi connectivity index (χ3n) is 2.97. The van der Waals surface area contributed by atoms with Crippen LogP contribution >= 0.6 is 0 Å². The molecular weight excluding hydrogens is 240 g/mol. The van der Waals surface area contributed by atoms with E-state index in [2.05, 4.69) is 12.2 Å². The second-order valence-electron chi connectivity index (χ2n) is 4.54. The summed E-state index contributed by atoms with van der Waals surface area (Å²) in [7, 11) is 0. The number of hydrogen-bond acceptors (Lipinski definition) is 3. The summed E-state index contributed by atoms with van der Waals surface area (Å²) in [6.45, 7) is 4.86. The maximum absolute atomic E-state index is 11.6. The second kappa shape index (κ2) is 8.53. The molecule has 1 atom stereocenters. The molecule has 0 aromatic heterocycles. The fraction of sp³-hybridized carbons (Fsp3) is 0.533. The quantitative estimate of drug-likeness (QED) is 0.709. The number of nitrogens with one attached hydrogen (secondary N) is 1. The molecule has 1 aromatic carbocycles. The molecule has 0 aliphatic rings. The number of amides is 1. The average molecular weight is 264 g/mol. The third-order valence-corrected chi connectivity index (χ3v) is 2.97. The van der Waals surface area contributed by atoms with E-state index in [1.54, 1.807) is 0 Å². The predicted octanol–water partition coefficient (Wildman–Crippen LogP) is 2.39. The molecule has 4 heteroatoms. The minimum atomic E-state index is -0.0895.